The van der Waals surface area contributed by atoms with Crippen molar-refractivity contribution in [1.29, 1.82) is 0 Å². The molecule has 0 saturated heterocycles. The molecule has 0 bridgehead atoms. The summed E-state index contributed by atoms with van der Waals surface area (Å²) in [4.78, 5) is 14.9. The average Bonchev–Trinajstić information content (AvgIpc) is 2.37. The van der Waals surface area contributed by atoms with Crippen molar-refractivity contribution in [2.24, 2.45) is 5.92 Å². The standard InChI is InChI=1S/C17H27NO/c1-7-18(11-12(2)3)15(6)17(19)16-10-13(4)8-9-14(16)5/h8-10,12,15H,7,11H2,1-6H3. The fourth-order valence-electron chi connectivity index (χ4n) is 2.42. The van der Waals surface area contributed by atoms with E-state index >= 15 is 0 Å². The molecule has 0 N–H and O–H groups in total. The first kappa shape index (κ1) is 15.9. The highest BCUT2D eigenvalue weighted by Gasteiger charge is 2.23. The van der Waals surface area contributed by atoms with Crippen molar-refractivity contribution in [3.63, 3.8) is 0 Å². The normalized spacial score (nSPS) is 13.1. The third kappa shape index (κ3) is 4.17. The van der Waals surface area contributed by atoms with E-state index in [1.165, 1.54) is 0 Å². The molecule has 2 heteroatoms. The zero-order valence-electron chi connectivity index (χ0n) is 13.2. The zero-order valence-corrected chi connectivity index (χ0v) is 13.2. The Bertz CT molecular complexity index is 437. The van der Waals surface area contributed by atoms with Crippen LogP contribution in [-0.4, -0.2) is 29.8 Å². The van der Waals surface area contributed by atoms with Gasteiger partial charge in [-0.1, -0.05) is 38.5 Å². The molecule has 0 saturated carbocycles. The van der Waals surface area contributed by atoms with Crippen LogP contribution in [0.25, 0.3) is 0 Å². The Balaban J connectivity index is 2.94. The molecule has 0 fully saturated rings. The number of hydrogen-bond donors (Lipinski definition) is 0. The van der Waals surface area contributed by atoms with Crippen LogP contribution in [0.4, 0.5) is 0 Å². The monoisotopic (exact) mass is 261 g/mol. The summed E-state index contributed by atoms with van der Waals surface area (Å²) in [5.74, 6) is 0.817. The van der Waals surface area contributed by atoms with Gasteiger partial charge in [0.1, 0.15) is 0 Å². The SMILES string of the molecule is CCN(CC(C)C)C(C)C(=O)c1cc(C)ccc1C. The van der Waals surface area contributed by atoms with Gasteiger partial charge in [0.15, 0.2) is 5.78 Å². The molecule has 0 radical (unpaired) electrons. The van der Waals surface area contributed by atoms with Gasteiger partial charge in [-0.05, 0) is 44.9 Å². The van der Waals surface area contributed by atoms with Crippen LogP contribution >= 0.6 is 0 Å². The molecule has 0 amide bonds. The van der Waals surface area contributed by atoms with E-state index in [1.807, 2.05) is 32.9 Å². The molecule has 1 unspecified atom stereocenters. The third-order valence-corrected chi connectivity index (χ3v) is 3.59. The second-order valence-corrected chi connectivity index (χ2v) is 5.84. The van der Waals surface area contributed by atoms with Crippen molar-refractivity contribution in [1.82, 2.24) is 4.90 Å². The smallest absolute Gasteiger partial charge is 0.179 e. The predicted octanol–water partition coefficient (Wildman–Crippen LogP) is 3.85. The Hall–Kier alpha value is -1.15. The summed E-state index contributed by atoms with van der Waals surface area (Å²) in [6, 6.07) is 6.06. The Morgan fingerprint density at radius 1 is 1.21 bits per heavy atom. The van der Waals surface area contributed by atoms with Gasteiger partial charge in [0.05, 0.1) is 6.04 Å². The highest BCUT2D eigenvalue weighted by atomic mass is 16.1. The number of Topliss-reactive ketones (excluding diaryl/α,β-unsaturated/α-hetero) is 1. The number of carbonyl (C=O) groups is 1. The van der Waals surface area contributed by atoms with Crippen LogP contribution in [0.1, 0.15) is 49.2 Å². The number of hydrogen-bond acceptors (Lipinski definition) is 2. The van der Waals surface area contributed by atoms with Crippen molar-refractivity contribution >= 4 is 5.78 Å². The largest absolute Gasteiger partial charge is 0.294 e. The maximum atomic E-state index is 12.7. The number of aryl methyl sites for hydroxylation is 2. The van der Waals surface area contributed by atoms with Crippen LogP contribution < -0.4 is 0 Å². The lowest BCUT2D eigenvalue weighted by Gasteiger charge is -2.28. The predicted molar refractivity (Wildman–Crippen MR) is 81.8 cm³/mol. The topological polar surface area (TPSA) is 20.3 Å². The molecule has 0 aliphatic rings. The molecule has 106 valence electrons. The lowest BCUT2D eigenvalue weighted by Crippen LogP contribution is -2.41. The second kappa shape index (κ2) is 6.85. The Morgan fingerprint density at radius 3 is 2.37 bits per heavy atom. The second-order valence-electron chi connectivity index (χ2n) is 5.84. The number of likely N-dealkylation sites (N-methyl/N-ethyl adjacent to an activating group) is 1. The van der Waals surface area contributed by atoms with Gasteiger partial charge in [-0.25, -0.2) is 0 Å². The maximum absolute atomic E-state index is 12.7. The molecule has 0 heterocycles. The van der Waals surface area contributed by atoms with Crippen molar-refractivity contribution in [2.45, 2.75) is 47.6 Å². The lowest BCUT2D eigenvalue weighted by molar-refractivity contribution is 0.0829. The number of nitrogens with zero attached hydrogens (tertiary/aromatic N) is 1. The summed E-state index contributed by atoms with van der Waals surface area (Å²) in [6.45, 7) is 14.5. The summed E-state index contributed by atoms with van der Waals surface area (Å²) >= 11 is 0. The number of benzene rings is 1. The number of carbonyl (C=O) groups excluding carboxylic acids is 1. The molecule has 1 rings (SSSR count). The summed E-state index contributed by atoms with van der Waals surface area (Å²) < 4.78 is 0. The van der Waals surface area contributed by atoms with Gasteiger partial charge in [-0.3, -0.25) is 9.69 Å². The Labute approximate surface area is 117 Å². The lowest BCUT2D eigenvalue weighted by atomic mass is 9.97. The molecular formula is C17H27NO. The van der Waals surface area contributed by atoms with E-state index in [1.54, 1.807) is 0 Å². The van der Waals surface area contributed by atoms with E-state index < -0.39 is 0 Å². The highest BCUT2D eigenvalue weighted by Crippen LogP contribution is 2.16. The number of ketones is 1. The van der Waals surface area contributed by atoms with Crippen molar-refractivity contribution < 1.29 is 4.79 Å². The van der Waals surface area contributed by atoms with Crippen molar-refractivity contribution in [2.75, 3.05) is 13.1 Å². The zero-order chi connectivity index (χ0) is 14.6. The molecule has 0 aliphatic heterocycles. The molecule has 19 heavy (non-hydrogen) atoms. The van der Waals surface area contributed by atoms with E-state index in [0.29, 0.717) is 5.92 Å². The van der Waals surface area contributed by atoms with Crippen molar-refractivity contribution in [3.05, 3.63) is 34.9 Å². The number of rotatable bonds is 6. The van der Waals surface area contributed by atoms with Gasteiger partial charge in [0.25, 0.3) is 0 Å². The van der Waals surface area contributed by atoms with E-state index in [0.717, 1.165) is 29.8 Å². The van der Waals surface area contributed by atoms with Gasteiger partial charge >= 0.3 is 0 Å². The first-order chi connectivity index (χ1) is 8.86. The Morgan fingerprint density at radius 2 is 1.84 bits per heavy atom. The van der Waals surface area contributed by atoms with Gasteiger partial charge in [-0.15, -0.1) is 0 Å². The molecule has 0 aliphatic carbocycles. The van der Waals surface area contributed by atoms with Crippen LogP contribution in [0.2, 0.25) is 0 Å². The highest BCUT2D eigenvalue weighted by molar-refractivity contribution is 6.01. The minimum atomic E-state index is -0.0482. The van der Waals surface area contributed by atoms with Crippen LogP contribution in [0.5, 0.6) is 0 Å². The third-order valence-electron chi connectivity index (χ3n) is 3.59. The first-order valence-corrected chi connectivity index (χ1v) is 7.22. The van der Waals surface area contributed by atoms with Gasteiger partial charge in [0.2, 0.25) is 0 Å². The van der Waals surface area contributed by atoms with E-state index in [-0.39, 0.29) is 11.8 Å². The maximum Gasteiger partial charge on any atom is 0.179 e. The fourth-order valence-corrected chi connectivity index (χ4v) is 2.42. The minimum Gasteiger partial charge on any atom is -0.294 e. The van der Waals surface area contributed by atoms with Crippen LogP contribution in [0, 0.1) is 19.8 Å². The summed E-state index contributed by atoms with van der Waals surface area (Å²) in [5, 5.41) is 0. The quantitative estimate of drug-likeness (QED) is 0.725. The molecular weight excluding hydrogens is 234 g/mol. The molecule has 2 nitrogen and oxygen atoms in total. The summed E-state index contributed by atoms with van der Waals surface area (Å²) in [7, 11) is 0. The van der Waals surface area contributed by atoms with Gasteiger partial charge in [0, 0.05) is 12.1 Å². The molecule has 1 atom stereocenters. The summed E-state index contributed by atoms with van der Waals surface area (Å²) in [6.07, 6.45) is 0. The molecule has 0 aromatic heterocycles. The summed E-state index contributed by atoms with van der Waals surface area (Å²) in [5.41, 5.74) is 3.09. The van der Waals surface area contributed by atoms with E-state index in [2.05, 4.69) is 31.7 Å². The van der Waals surface area contributed by atoms with E-state index in [4.69, 9.17) is 0 Å². The average molecular weight is 261 g/mol. The minimum absolute atomic E-state index is 0.0482. The van der Waals surface area contributed by atoms with Gasteiger partial charge < -0.3 is 0 Å². The molecule has 1 aromatic rings. The first-order valence-electron chi connectivity index (χ1n) is 7.22. The Kier molecular flexibility index (Phi) is 5.74. The van der Waals surface area contributed by atoms with Crippen LogP contribution in [0.3, 0.4) is 0 Å². The fraction of sp³-hybridized carbons (Fsp3) is 0.588. The molecule has 1 aromatic carbocycles. The van der Waals surface area contributed by atoms with E-state index in [9.17, 15) is 4.79 Å². The molecule has 0 spiro atoms. The van der Waals surface area contributed by atoms with Gasteiger partial charge in [-0.2, -0.15) is 0 Å². The van der Waals surface area contributed by atoms with Crippen molar-refractivity contribution in [3.8, 4) is 0 Å². The van der Waals surface area contributed by atoms with Crippen LogP contribution in [0.15, 0.2) is 18.2 Å². The van der Waals surface area contributed by atoms with Crippen LogP contribution in [-0.2, 0) is 0 Å².